The number of rotatable bonds is 5. The summed E-state index contributed by atoms with van der Waals surface area (Å²) in [6.07, 6.45) is 8.10. The van der Waals surface area contributed by atoms with Gasteiger partial charge in [0.1, 0.15) is 6.29 Å². The van der Waals surface area contributed by atoms with Gasteiger partial charge in [-0.1, -0.05) is 18.7 Å². The molecule has 0 N–H and O–H groups in total. The van der Waals surface area contributed by atoms with Crippen molar-refractivity contribution in [2.24, 2.45) is 7.05 Å². The molecule has 3 heteroatoms. The number of hydrogen-bond acceptors (Lipinski definition) is 2. The molecule has 2 heterocycles. The molecule has 0 aliphatic heterocycles. The van der Waals surface area contributed by atoms with Crippen molar-refractivity contribution in [1.29, 1.82) is 0 Å². The highest BCUT2D eigenvalue weighted by molar-refractivity contribution is 7.11. The quantitative estimate of drug-likeness (QED) is 0.456. The van der Waals surface area contributed by atoms with E-state index in [2.05, 4.69) is 12.6 Å². The Kier molecular flexibility index (Phi) is 4.31. The van der Waals surface area contributed by atoms with E-state index >= 15 is 0 Å². The van der Waals surface area contributed by atoms with Crippen molar-refractivity contribution in [3.63, 3.8) is 0 Å². The third-order valence-corrected chi connectivity index (χ3v) is 3.78. The molecule has 0 unspecified atom stereocenters. The molecule has 0 spiro atoms. The van der Waals surface area contributed by atoms with Crippen molar-refractivity contribution in [3.8, 4) is 0 Å². The zero-order valence-corrected chi connectivity index (χ0v) is 11.6. The van der Waals surface area contributed by atoms with Gasteiger partial charge in [-0.3, -0.25) is 4.79 Å². The molecule has 0 fully saturated rings. The average molecular weight is 269 g/mol. The average Bonchev–Trinajstić information content (AvgIpc) is 3.04. The fraction of sp³-hybridized carbons (Fsp3) is 0.0625. The zero-order valence-electron chi connectivity index (χ0n) is 10.7. The Morgan fingerprint density at radius 3 is 2.63 bits per heavy atom. The standard InChI is InChI=1S/C16H15NOS/c1-13(16-6-4-12-19-16)7-8-15-10-9-14(17(15)2)5-3-11-18/h3-12H,1H2,2H3/b5-3+,8-7+. The number of carbonyl (C=O) groups excluding carboxylic acids is 1. The fourth-order valence-corrected chi connectivity index (χ4v) is 2.43. The molecule has 0 saturated carbocycles. The predicted molar refractivity (Wildman–Crippen MR) is 82.9 cm³/mol. The van der Waals surface area contributed by atoms with Gasteiger partial charge < -0.3 is 4.57 Å². The lowest BCUT2D eigenvalue weighted by Gasteiger charge is -2.01. The van der Waals surface area contributed by atoms with E-state index in [1.807, 2.05) is 47.3 Å². The Bertz CT molecular complexity index is 630. The predicted octanol–water partition coefficient (Wildman–Crippen LogP) is 4.03. The van der Waals surface area contributed by atoms with Gasteiger partial charge in [-0.05, 0) is 47.4 Å². The van der Waals surface area contributed by atoms with E-state index in [1.54, 1.807) is 17.4 Å². The van der Waals surface area contributed by atoms with Crippen molar-refractivity contribution < 1.29 is 4.79 Å². The molecular weight excluding hydrogens is 254 g/mol. The summed E-state index contributed by atoms with van der Waals surface area (Å²) in [6, 6.07) is 8.07. The van der Waals surface area contributed by atoms with Crippen LogP contribution in [0.15, 0.2) is 48.4 Å². The van der Waals surface area contributed by atoms with E-state index in [4.69, 9.17) is 0 Å². The molecule has 0 bridgehead atoms. The Hall–Kier alpha value is -2.13. The summed E-state index contributed by atoms with van der Waals surface area (Å²) in [6.45, 7) is 4.05. The molecule has 2 aromatic rings. The number of aldehydes is 1. The number of aromatic nitrogens is 1. The van der Waals surface area contributed by atoms with Gasteiger partial charge in [0, 0.05) is 23.3 Å². The van der Waals surface area contributed by atoms with E-state index in [9.17, 15) is 4.79 Å². The molecule has 0 saturated heterocycles. The number of thiophene rings is 1. The smallest absolute Gasteiger partial charge is 0.142 e. The minimum atomic E-state index is 0.779. The second kappa shape index (κ2) is 6.16. The summed E-state index contributed by atoms with van der Waals surface area (Å²) < 4.78 is 2.03. The van der Waals surface area contributed by atoms with Crippen LogP contribution in [0.2, 0.25) is 0 Å². The highest BCUT2D eigenvalue weighted by Crippen LogP contribution is 2.21. The summed E-state index contributed by atoms with van der Waals surface area (Å²) in [5.74, 6) is 0. The van der Waals surface area contributed by atoms with Gasteiger partial charge in [-0.15, -0.1) is 11.3 Å². The number of carbonyl (C=O) groups is 1. The second-order valence-electron chi connectivity index (χ2n) is 4.07. The van der Waals surface area contributed by atoms with Gasteiger partial charge in [0.25, 0.3) is 0 Å². The van der Waals surface area contributed by atoms with E-state index < -0.39 is 0 Å². The van der Waals surface area contributed by atoms with Gasteiger partial charge in [0.15, 0.2) is 0 Å². The monoisotopic (exact) mass is 269 g/mol. The number of hydrogen-bond donors (Lipinski definition) is 0. The van der Waals surface area contributed by atoms with Crippen molar-refractivity contribution in [2.45, 2.75) is 0 Å². The second-order valence-corrected chi connectivity index (χ2v) is 5.02. The van der Waals surface area contributed by atoms with Crippen LogP contribution in [-0.4, -0.2) is 10.9 Å². The summed E-state index contributed by atoms with van der Waals surface area (Å²) in [7, 11) is 1.97. The summed E-state index contributed by atoms with van der Waals surface area (Å²) >= 11 is 1.68. The lowest BCUT2D eigenvalue weighted by Crippen LogP contribution is -1.93. The molecule has 2 nitrogen and oxygen atoms in total. The highest BCUT2D eigenvalue weighted by Gasteiger charge is 2.00. The molecule has 0 aliphatic carbocycles. The summed E-state index contributed by atoms with van der Waals surface area (Å²) in [5, 5.41) is 2.04. The van der Waals surface area contributed by atoms with Crippen LogP contribution in [0.25, 0.3) is 17.7 Å². The Balaban J connectivity index is 2.15. The Morgan fingerprint density at radius 2 is 2.00 bits per heavy atom. The number of allylic oxidation sites excluding steroid dienone is 3. The van der Waals surface area contributed by atoms with Gasteiger partial charge in [0.05, 0.1) is 0 Å². The lowest BCUT2D eigenvalue weighted by atomic mass is 10.2. The van der Waals surface area contributed by atoms with Crippen LogP contribution in [0, 0.1) is 0 Å². The van der Waals surface area contributed by atoms with Crippen LogP contribution in [0.5, 0.6) is 0 Å². The summed E-state index contributed by atoms with van der Waals surface area (Å²) in [4.78, 5) is 11.5. The van der Waals surface area contributed by atoms with Crippen molar-refractivity contribution in [1.82, 2.24) is 4.57 Å². The number of nitrogens with zero attached hydrogens (tertiary/aromatic N) is 1. The minimum Gasteiger partial charge on any atom is -0.345 e. The third-order valence-electron chi connectivity index (χ3n) is 2.84. The molecule has 2 aromatic heterocycles. The van der Waals surface area contributed by atoms with Crippen LogP contribution < -0.4 is 0 Å². The van der Waals surface area contributed by atoms with Crippen LogP contribution >= 0.6 is 11.3 Å². The molecule has 0 aromatic carbocycles. The molecular formula is C16H15NOS. The fourth-order valence-electron chi connectivity index (χ4n) is 1.75. The topological polar surface area (TPSA) is 22.0 Å². The molecule has 0 aliphatic rings. The van der Waals surface area contributed by atoms with Crippen LogP contribution in [0.4, 0.5) is 0 Å². The first-order valence-corrected chi connectivity index (χ1v) is 6.79. The van der Waals surface area contributed by atoms with Crippen LogP contribution in [0.1, 0.15) is 16.3 Å². The first-order chi connectivity index (χ1) is 9.22. The summed E-state index contributed by atoms with van der Waals surface area (Å²) in [5.41, 5.74) is 3.07. The first-order valence-electron chi connectivity index (χ1n) is 5.91. The molecule has 0 radical (unpaired) electrons. The molecule has 0 atom stereocenters. The van der Waals surface area contributed by atoms with Gasteiger partial charge in [0.2, 0.25) is 0 Å². The molecule has 0 amide bonds. The van der Waals surface area contributed by atoms with Crippen molar-refractivity contribution in [2.75, 3.05) is 0 Å². The SMILES string of the molecule is C=C(/C=C/c1ccc(/C=C/C=O)n1C)c1cccs1. The molecule has 96 valence electrons. The van der Waals surface area contributed by atoms with Gasteiger partial charge in [-0.25, -0.2) is 0 Å². The van der Waals surface area contributed by atoms with Crippen LogP contribution in [-0.2, 0) is 11.8 Å². The maximum atomic E-state index is 10.3. The van der Waals surface area contributed by atoms with E-state index in [1.165, 1.54) is 11.0 Å². The highest BCUT2D eigenvalue weighted by atomic mass is 32.1. The maximum absolute atomic E-state index is 10.3. The van der Waals surface area contributed by atoms with Crippen molar-refractivity contribution in [3.05, 3.63) is 64.6 Å². The first kappa shape index (κ1) is 13.3. The third kappa shape index (κ3) is 3.20. The Morgan fingerprint density at radius 1 is 1.26 bits per heavy atom. The van der Waals surface area contributed by atoms with E-state index in [-0.39, 0.29) is 0 Å². The van der Waals surface area contributed by atoms with Gasteiger partial charge >= 0.3 is 0 Å². The van der Waals surface area contributed by atoms with E-state index in [0.29, 0.717) is 0 Å². The van der Waals surface area contributed by atoms with Gasteiger partial charge in [-0.2, -0.15) is 0 Å². The molecule has 2 rings (SSSR count). The normalized spacial score (nSPS) is 11.4. The lowest BCUT2D eigenvalue weighted by molar-refractivity contribution is -0.104. The molecule has 19 heavy (non-hydrogen) atoms. The van der Waals surface area contributed by atoms with Crippen LogP contribution in [0.3, 0.4) is 0 Å². The Labute approximate surface area is 117 Å². The van der Waals surface area contributed by atoms with Crippen molar-refractivity contribution >= 4 is 35.3 Å². The maximum Gasteiger partial charge on any atom is 0.142 e. The van der Waals surface area contributed by atoms with E-state index in [0.717, 1.165) is 23.2 Å². The largest absolute Gasteiger partial charge is 0.345 e. The zero-order chi connectivity index (χ0) is 13.7. The minimum absolute atomic E-state index is 0.779.